The minimum absolute atomic E-state index is 0.148. The van der Waals surface area contributed by atoms with Crippen LogP contribution in [0.15, 0.2) is 47.1 Å². The molecule has 2 N–H and O–H groups in total. The summed E-state index contributed by atoms with van der Waals surface area (Å²) in [6, 6.07) is 11.4. The van der Waals surface area contributed by atoms with Crippen molar-refractivity contribution in [2.45, 2.75) is 31.1 Å². The van der Waals surface area contributed by atoms with E-state index in [0.717, 1.165) is 35.7 Å². The lowest BCUT2D eigenvalue weighted by atomic mass is 9.78. The van der Waals surface area contributed by atoms with Crippen LogP contribution in [0.2, 0.25) is 0 Å². The second-order valence-electron chi connectivity index (χ2n) is 6.21. The SMILES string of the molecule is Cn1cccc1C(=O)NNC(=O)C1(c2ccc(Br)cc2)CCCC1. The zero-order chi connectivity index (χ0) is 17.2. The van der Waals surface area contributed by atoms with Gasteiger partial charge in [-0.2, -0.15) is 0 Å². The summed E-state index contributed by atoms with van der Waals surface area (Å²) >= 11 is 3.43. The molecule has 0 aliphatic heterocycles. The second-order valence-corrected chi connectivity index (χ2v) is 7.12. The van der Waals surface area contributed by atoms with Gasteiger partial charge in [0.25, 0.3) is 5.91 Å². The molecule has 1 fully saturated rings. The van der Waals surface area contributed by atoms with E-state index in [9.17, 15) is 9.59 Å². The molecule has 24 heavy (non-hydrogen) atoms. The summed E-state index contributed by atoms with van der Waals surface area (Å²) in [7, 11) is 1.79. The van der Waals surface area contributed by atoms with Crippen LogP contribution >= 0.6 is 15.9 Å². The van der Waals surface area contributed by atoms with Gasteiger partial charge < -0.3 is 4.57 Å². The van der Waals surface area contributed by atoms with Gasteiger partial charge >= 0.3 is 0 Å². The maximum absolute atomic E-state index is 12.9. The highest BCUT2D eigenvalue weighted by Crippen LogP contribution is 2.41. The van der Waals surface area contributed by atoms with Crippen molar-refractivity contribution < 1.29 is 9.59 Å². The van der Waals surface area contributed by atoms with E-state index in [0.29, 0.717) is 5.69 Å². The van der Waals surface area contributed by atoms with Gasteiger partial charge in [0.1, 0.15) is 5.69 Å². The third-order valence-corrected chi connectivity index (χ3v) is 5.28. The molecule has 1 aliphatic rings. The molecule has 5 nitrogen and oxygen atoms in total. The molecule has 0 bridgehead atoms. The summed E-state index contributed by atoms with van der Waals surface area (Å²) in [5.74, 6) is -0.468. The van der Waals surface area contributed by atoms with Crippen LogP contribution in [0.5, 0.6) is 0 Å². The number of carbonyl (C=O) groups excluding carboxylic acids is 2. The molecule has 1 aromatic carbocycles. The van der Waals surface area contributed by atoms with Gasteiger partial charge in [0.15, 0.2) is 0 Å². The lowest BCUT2D eigenvalue weighted by Gasteiger charge is -2.28. The third kappa shape index (κ3) is 3.11. The topological polar surface area (TPSA) is 63.1 Å². The van der Waals surface area contributed by atoms with Crippen LogP contribution in [-0.2, 0) is 17.3 Å². The Kier molecular flexibility index (Phi) is 4.76. The fourth-order valence-corrected chi connectivity index (χ4v) is 3.65. The highest BCUT2D eigenvalue weighted by atomic mass is 79.9. The third-order valence-electron chi connectivity index (χ3n) is 4.75. The number of hydrogen-bond donors (Lipinski definition) is 2. The number of nitrogens with zero attached hydrogens (tertiary/aromatic N) is 1. The molecular weight excluding hydrogens is 370 g/mol. The first-order valence-corrected chi connectivity index (χ1v) is 8.80. The van der Waals surface area contributed by atoms with Gasteiger partial charge in [0.2, 0.25) is 5.91 Å². The minimum Gasteiger partial charge on any atom is -0.347 e. The molecule has 0 spiro atoms. The summed E-state index contributed by atoms with van der Waals surface area (Å²) < 4.78 is 2.69. The summed E-state index contributed by atoms with van der Waals surface area (Å²) in [6.45, 7) is 0. The fraction of sp³-hybridized carbons (Fsp3) is 0.333. The number of halogens is 1. The van der Waals surface area contributed by atoms with E-state index in [4.69, 9.17) is 0 Å². The van der Waals surface area contributed by atoms with Crippen LogP contribution in [-0.4, -0.2) is 16.4 Å². The number of hydrazine groups is 1. The standard InChI is InChI=1S/C18H20BrN3O2/c1-22-12-4-5-15(22)16(23)20-21-17(24)18(10-2-3-11-18)13-6-8-14(19)9-7-13/h4-9,12H,2-3,10-11H2,1H3,(H,20,23)(H,21,24). The maximum Gasteiger partial charge on any atom is 0.286 e. The van der Waals surface area contributed by atoms with Crippen molar-refractivity contribution in [3.63, 3.8) is 0 Å². The van der Waals surface area contributed by atoms with E-state index in [1.165, 1.54) is 0 Å². The molecule has 3 rings (SSSR count). The Hall–Kier alpha value is -2.08. The Morgan fingerprint density at radius 3 is 2.33 bits per heavy atom. The van der Waals surface area contributed by atoms with Crippen molar-refractivity contribution in [2.24, 2.45) is 7.05 Å². The van der Waals surface area contributed by atoms with E-state index >= 15 is 0 Å². The molecular formula is C18H20BrN3O2. The van der Waals surface area contributed by atoms with E-state index in [1.54, 1.807) is 29.9 Å². The van der Waals surface area contributed by atoms with Crippen molar-refractivity contribution in [3.05, 3.63) is 58.3 Å². The molecule has 126 valence electrons. The monoisotopic (exact) mass is 389 g/mol. The summed E-state index contributed by atoms with van der Waals surface area (Å²) in [6.07, 6.45) is 5.39. The normalized spacial score (nSPS) is 15.9. The maximum atomic E-state index is 12.9. The van der Waals surface area contributed by atoms with Gasteiger partial charge in [-0.3, -0.25) is 20.4 Å². The zero-order valence-electron chi connectivity index (χ0n) is 13.5. The Labute approximate surface area is 149 Å². The quantitative estimate of drug-likeness (QED) is 0.792. The number of amides is 2. The molecule has 2 amide bonds. The summed E-state index contributed by atoms with van der Waals surface area (Å²) in [5.41, 5.74) is 6.10. The van der Waals surface area contributed by atoms with E-state index in [1.807, 2.05) is 24.3 Å². The Bertz CT molecular complexity index is 746. The molecule has 1 saturated carbocycles. The fourth-order valence-electron chi connectivity index (χ4n) is 3.39. The lowest BCUT2D eigenvalue weighted by Crippen LogP contribution is -2.50. The van der Waals surface area contributed by atoms with Gasteiger partial charge in [-0.05, 0) is 42.7 Å². The van der Waals surface area contributed by atoms with E-state index in [2.05, 4.69) is 26.8 Å². The van der Waals surface area contributed by atoms with Crippen LogP contribution < -0.4 is 10.9 Å². The van der Waals surface area contributed by atoms with Crippen molar-refractivity contribution in [1.29, 1.82) is 0 Å². The number of nitrogens with one attached hydrogen (secondary N) is 2. The Balaban J connectivity index is 1.75. The predicted octanol–water partition coefficient (Wildman–Crippen LogP) is 3.06. The van der Waals surface area contributed by atoms with Gasteiger partial charge in [0.05, 0.1) is 5.41 Å². The molecule has 0 radical (unpaired) electrons. The number of hydrogen-bond acceptors (Lipinski definition) is 2. The van der Waals surface area contributed by atoms with Crippen molar-refractivity contribution in [2.75, 3.05) is 0 Å². The van der Waals surface area contributed by atoms with E-state index < -0.39 is 5.41 Å². The smallest absolute Gasteiger partial charge is 0.286 e. The van der Waals surface area contributed by atoms with Gasteiger partial charge in [-0.25, -0.2) is 0 Å². The second kappa shape index (κ2) is 6.81. The van der Waals surface area contributed by atoms with Crippen molar-refractivity contribution in [1.82, 2.24) is 15.4 Å². The molecule has 1 aromatic heterocycles. The highest BCUT2D eigenvalue weighted by molar-refractivity contribution is 9.10. The average Bonchev–Trinajstić information content (AvgIpc) is 3.23. The Morgan fingerprint density at radius 2 is 1.75 bits per heavy atom. The number of aryl methyl sites for hydroxylation is 1. The first-order valence-electron chi connectivity index (χ1n) is 8.01. The molecule has 1 aliphatic carbocycles. The van der Waals surface area contributed by atoms with Crippen molar-refractivity contribution in [3.8, 4) is 0 Å². The molecule has 1 heterocycles. The number of rotatable bonds is 3. The van der Waals surface area contributed by atoms with Gasteiger partial charge in [-0.15, -0.1) is 0 Å². The molecule has 0 unspecified atom stereocenters. The zero-order valence-corrected chi connectivity index (χ0v) is 15.1. The molecule has 0 atom stereocenters. The average molecular weight is 390 g/mol. The molecule has 0 saturated heterocycles. The summed E-state index contributed by atoms with van der Waals surface area (Å²) in [4.78, 5) is 25.0. The van der Waals surface area contributed by atoms with Crippen LogP contribution in [0.3, 0.4) is 0 Å². The number of aromatic nitrogens is 1. The predicted molar refractivity (Wildman–Crippen MR) is 95.3 cm³/mol. The first-order chi connectivity index (χ1) is 11.5. The largest absolute Gasteiger partial charge is 0.347 e. The molecule has 2 aromatic rings. The molecule has 6 heteroatoms. The number of benzene rings is 1. The van der Waals surface area contributed by atoms with Gasteiger partial charge in [0, 0.05) is 17.7 Å². The van der Waals surface area contributed by atoms with Gasteiger partial charge in [-0.1, -0.05) is 40.9 Å². The van der Waals surface area contributed by atoms with Crippen LogP contribution in [0.25, 0.3) is 0 Å². The highest BCUT2D eigenvalue weighted by Gasteiger charge is 2.42. The van der Waals surface area contributed by atoms with E-state index in [-0.39, 0.29) is 11.8 Å². The summed E-state index contributed by atoms with van der Waals surface area (Å²) in [5, 5.41) is 0. The lowest BCUT2D eigenvalue weighted by molar-refractivity contribution is -0.127. The van der Waals surface area contributed by atoms with Crippen LogP contribution in [0, 0.1) is 0 Å². The van der Waals surface area contributed by atoms with Crippen LogP contribution in [0.4, 0.5) is 0 Å². The number of carbonyl (C=O) groups is 2. The Morgan fingerprint density at radius 1 is 1.08 bits per heavy atom. The van der Waals surface area contributed by atoms with Crippen molar-refractivity contribution >= 4 is 27.7 Å². The van der Waals surface area contributed by atoms with Crippen LogP contribution in [0.1, 0.15) is 41.7 Å². The minimum atomic E-state index is -0.567. The first kappa shape index (κ1) is 16.8.